The molecular formula is C20H19FN2O4. The van der Waals surface area contributed by atoms with Crippen LogP contribution in [0.4, 0.5) is 10.1 Å². The van der Waals surface area contributed by atoms with Crippen LogP contribution in [0.25, 0.3) is 0 Å². The number of hydrogen-bond acceptors (Lipinski definition) is 4. The van der Waals surface area contributed by atoms with E-state index in [1.807, 2.05) is 30.3 Å². The summed E-state index contributed by atoms with van der Waals surface area (Å²) in [4.78, 5) is 37.3. The lowest BCUT2D eigenvalue weighted by atomic mass is 10.1. The van der Waals surface area contributed by atoms with Crippen molar-refractivity contribution in [3.63, 3.8) is 0 Å². The lowest BCUT2D eigenvalue weighted by Gasteiger charge is -2.17. The van der Waals surface area contributed by atoms with Gasteiger partial charge < -0.3 is 15.0 Å². The van der Waals surface area contributed by atoms with E-state index in [1.165, 1.54) is 23.1 Å². The van der Waals surface area contributed by atoms with Crippen LogP contribution in [0, 0.1) is 11.7 Å². The van der Waals surface area contributed by atoms with Gasteiger partial charge in [0.2, 0.25) is 5.91 Å². The molecular weight excluding hydrogens is 351 g/mol. The SMILES string of the molecule is O=C(COC(=O)[C@@H]1CC(=O)N(c2ccccc2F)C1)NCc1ccccc1. The number of nitrogens with zero attached hydrogens (tertiary/aromatic N) is 1. The monoisotopic (exact) mass is 370 g/mol. The molecule has 27 heavy (non-hydrogen) atoms. The zero-order chi connectivity index (χ0) is 19.2. The van der Waals surface area contributed by atoms with Crippen LogP contribution in [0.3, 0.4) is 0 Å². The average molecular weight is 370 g/mol. The lowest BCUT2D eigenvalue weighted by Crippen LogP contribution is -2.31. The smallest absolute Gasteiger partial charge is 0.311 e. The van der Waals surface area contributed by atoms with Crippen molar-refractivity contribution in [1.82, 2.24) is 5.32 Å². The van der Waals surface area contributed by atoms with Gasteiger partial charge in [0.25, 0.3) is 5.91 Å². The maximum absolute atomic E-state index is 13.9. The summed E-state index contributed by atoms with van der Waals surface area (Å²) in [5, 5.41) is 2.65. The molecule has 1 heterocycles. The predicted octanol–water partition coefficient (Wildman–Crippen LogP) is 2.04. The van der Waals surface area contributed by atoms with Gasteiger partial charge in [-0.15, -0.1) is 0 Å². The minimum atomic E-state index is -0.723. The summed E-state index contributed by atoms with van der Waals surface area (Å²) in [6.45, 7) is -0.0551. The highest BCUT2D eigenvalue weighted by molar-refractivity contribution is 5.99. The first-order valence-corrected chi connectivity index (χ1v) is 8.57. The molecule has 2 aromatic rings. The molecule has 0 unspecified atom stereocenters. The molecule has 0 aromatic heterocycles. The molecule has 1 fully saturated rings. The average Bonchev–Trinajstić information content (AvgIpc) is 3.07. The Hall–Kier alpha value is -3.22. The molecule has 0 bridgehead atoms. The maximum atomic E-state index is 13.9. The Balaban J connectivity index is 1.48. The van der Waals surface area contributed by atoms with Gasteiger partial charge in [-0.1, -0.05) is 42.5 Å². The third-order valence-electron chi connectivity index (χ3n) is 4.28. The molecule has 3 rings (SSSR count). The molecule has 1 atom stereocenters. The maximum Gasteiger partial charge on any atom is 0.311 e. The van der Waals surface area contributed by atoms with Gasteiger partial charge in [-0.3, -0.25) is 14.4 Å². The third kappa shape index (κ3) is 4.69. The minimum absolute atomic E-state index is 0.0320. The molecule has 1 aliphatic heterocycles. The second-order valence-electron chi connectivity index (χ2n) is 6.23. The highest BCUT2D eigenvalue weighted by Crippen LogP contribution is 2.27. The lowest BCUT2D eigenvalue weighted by molar-refractivity contribution is -0.152. The number of para-hydroxylation sites is 1. The quantitative estimate of drug-likeness (QED) is 0.790. The van der Waals surface area contributed by atoms with Gasteiger partial charge >= 0.3 is 5.97 Å². The van der Waals surface area contributed by atoms with Crippen molar-refractivity contribution in [2.24, 2.45) is 5.92 Å². The molecule has 2 amide bonds. The summed E-state index contributed by atoms with van der Waals surface area (Å²) in [7, 11) is 0. The van der Waals surface area contributed by atoms with Crippen LogP contribution in [-0.4, -0.2) is 30.9 Å². The Morgan fingerprint density at radius 3 is 2.56 bits per heavy atom. The largest absolute Gasteiger partial charge is 0.455 e. The standard InChI is InChI=1S/C20H19FN2O4/c21-16-8-4-5-9-17(16)23-12-15(10-19(23)25)20(26)27-13-18(24)22-11-14-6-2-1-3-7-14/h1-9,15H,10-13H2,(H,22,24)/t15-/m1/s1. The first-order valence-electron chi connectivity index (χ1n) is 8.57. The van der Waals surface area contributed by atoms with E-state index in [1.54, 1.807) is 6.07 Å². The van der Waals surface area contributed by atoms with Crippen molar-refractivity contribution in [3.05, 3.63) is 66.0 Å². The number of hydrogen-bond donors (Lipinski definition) is 1. The van der Waals surface area contributed by atoms with Gasteiger partial charge in [-0.2, -0.15) is 0 Å². The summed E-state index contributed by atoms with van der Waals surface area (Å²) in [5.41, 5.74) is 1.07. The Morgan fingerprint density at radius 2 is 1.81 bits per heavy atom. The first-order chi connectivity index (χ1) is 13.0. The van der Waals surface area contributed by atoms with Crippen molar-refractivity contribution < 1.29 is 23.5 Å². The molecule has 1 N–H and O–H groups in total. The van der Waals surface area contributed by atoms with Crippen LogP contribution in [0.1, 0.15) is 12.0 Å². The van der Waals surface area contributed by atoms with E-state index in [2.05, 4.69) is 5.32 Å². The second kappa shape index (κ2) is 8.44. The van der Waals surface area contributed by atoms with Gasteiger partial charge in [0.05, 0.1) is 11.6 Å². The fourth-order valence-electron chi connectivity index (χ4n) is 2.87. The van der Waals surface area contributed by atoms with Crippen molar-refractivity contribution in [3.8, 4) is 0 Å². The highest BCUT2D eigenvalue weighted by atomic mass is 19.1. The summed E-state index contributed by atoms with van der Waals surface area (Å²) in [6, 6.07) is 15.2. The van der Waals surface area contributed by atoms with E-state index < -0.39 is 30.2 Å². The first kappa shape index (κ1) is 18.6. The number of nitrogens with one attached hydrogen (secondary N) is 1. The zero-order valence-electron chi connectivity index (χ0n) is 14.6. The summed E-state index contributed by atoms with van der Waals surface area (Å²) in [5.74, 6) is -2.67. The number of rotatable bonds is 6. The summed E-state index contributed by atoms with van der Waals surface area (Å²) >= 11 is 0. The van der Waals surface area contributed by atoms with Crippen molar-refractivity contribution >= 4 is 23.5 Å². The molecule has 6 nitrogen and oxygen atoms in total. The Morgan fingerprint density at radius 1 is 1.11 bits per heavy atom. The molecule has 0 radical (unpaired) electrons. The van der Waals surface area contributed by atoms with E-state index in [9.17, 15) is 18.8 Å². The molecule has 1 saturated heterocycles. The number of carbonyl (C=O) groups is 3. The van der Waals surface area contributed by atoms with E-state index in [-0.39, 0.29) is 24.6 Å². The molecule has 140 valence electrons. The molecule has 0 saturated carbocycles. The number of amides is 2. The van der Waals surface area contributed by atoms with Gasteiger partial charge in [-0.25, -0.2) is 4.39 Å². The Labute approximate surface area is 155 Å². The number of esters is 1. The fraction of sp³-hybridized carbons (Fsp3) is 0.250. The normalized spacial score (nSPS) is 16.3. The molecule has 0 aliphatic carbocycles. The van der Waals surface area contributed by atoms with Crippen LogP contribution < -0.4 is 10.2 Å². The van der Waals surface area contributed by atoms with E-state index in [0.29, 0.717) is 6.54 Å². The topological polar surface area (TPSA) is 75.7 Å². The minimum Gasteiger partial charge on any atom is -0.455 e. The van der Waals surface area contributed by atoms with Gasteiger partial charge in [0.15, 0.2) is 6.61 Å². The van der Waals surface area contributed by atoms with Crippen LogP contribution in [0.15, 0.2) is 54.6 Å². The second-order valence-corrected chi connectivity index (χ2v) is 6.23. The molecule has 1 aliphatic rings. The van der Waals surface area contributed by atoms with Gasteiger partial charge in [-0.05, 0) is 17.7 Å². The van der Waals surface area contributed by atoms with Crippen molar-refractivity contribution in [2.45, 2.75) is 13.0 Å². The third-order valence-corrected chi connectivity index (χ3v) is 4.28. The molecule has 0 spiro atoms. The molecule has 7 heteroatoms. The van der Waals surface area contributed by atoms with Crippen molar-refractivity contribution in [1.29, 1.82) is 0 Å². The van der Waals surface area contributed by atoms with Gasteiger partial charge in [0, 0.05) is 19.5 Å². The van der Waals surface area contributed by atoms with Crippen LogP contribution in [-0.2, 0) is 25.7 Å². The highest BCUT2D eigenvalue weighted by Gasteiger charge is 2.37. The number of anilines is 1. The predicted molar refractivity (Wildman–Crippen MR) is 96.1 cm³/mol. The molecule has 2 aromatic carbocycles. The Bertz CT molecular complexity index is 841. The number of ether oxygens (including phenoxy) is 1. The number of halogens is 1. The number of benzene rings is 2. The summed E-state index contributed by atoms with van der Waals surface area (Å²) in [6.07, 6.45) is -0.0706. The van der Waals surface area contributed by atoms with Crippen LogP contribution >= 0.6 is 0 Å². The van der Waals surface area contributed by atoms with Crippen molar-refractivity contribution in [2.75, 3.05) is 18.1 Å². The fourth-order valence-corrected chi connectivity index (χ4v) is 2.87. The Kier molecular flexibility index (Phi) is 5.80. The number of carbonyl (C=O) groups excluding carboxylic acids is 3. The zero-order valence-corrected chi connectivity index (χ0v) is 14.6. The van der Waals surface area contributed by atoms with E-state index in [4.69, 9.17) is 4.74 Å². The van der Waals surface area contributed by atoms with E-state index in [0.717, 1.165) is 5.56 Å². The van der Waals surface area contributed by atoms with Crippen LogP contribution in [0.5, 0.6) is 0 Å². The van der Waals surface area contributed by atoms with Crippen LogP contribution in [0.2, 0.25) is 0 Å². The summed E-state index contributed by atoms with van der Waals surface area (Å²) < 4.78 is 18.9. The van der Waals surface area contributed by atoms with E-state index >= 15 is 0 Å². The van der Waals surface area contributed by atoms with Gasteiger partial charge in [0.1, 0.15) is 5.82 Å².